The van der Waals surface area contributed by atoms with Gasteiger partial charge in [0.05, 0.1) is 24.9 Å². The summed E-state index contributed by atoms with van der Waals surface area (Å²) in [6.07, 6.45) is 6.79. The van der Waals surface area contributed by atoms with E-state index in [1.54, 1.807) is 23.6 Å². The molecular weight excluding hydrogens is 536 g/mol. The van der Waals surface area contributed by atoms with E-state index >= 15 is 0 Å². The third-order valence-corrected chi connectivity index (χ3v) is 7.70. The first-order valence-corrected chi connectivity index (χ1v) is 14.3. The summed E-state index contributed by atoms with van der Waals surface area (Å²) in [7, 11) is 0. The molecule has 14 heteroatoms. The van der Waals surface area contributed by atoms with Crippen molar-refractivity contribution in [3.05, 3.63) is 0 Å². The van der Waals surface area contributed by atoms with E-state index in [1.165, 1.54) is 0 Å². The van der Waals surface area contributed by atoms with E-state index in [4.69, 9.17) is 21.7 Å². The number of nitrogens with zero attached hydrogens (tertiary/aromatic N) is 2. The summed E-state index contributed by atoms with van der Waals surface area (Å²) < 4.78 is 0. The predicted molar refractivity (Wildman–Crippen MR) is 148 cm³/mol. The number of primary amides is 2. The Morgan fingerprint density at radius 3 is 1.32 bits per heavy atom. The van der Waals surface area contributed by atoms with Crippen LogP contribution in [0.1, 0.15) is 78.1 Å². The number of likely N-dealkylation sites (tertiary alicyclic amines) is 2. The van der Waals surface area contributed by atoms with Crippen molar-refractivity contribution < 1.29 is 39.0 Å². The summed E-state index contributed by atoms with van der Waals surface area (Å²) in [4.78, 5) is 70.0. The summed E-state index contributed by atoms with van der Waals surface area (Å²) in [5, 5.41) is 23.0. The van der Waals surface area contributed by atoms with E-state index in [1.807, 2.05) is 0 Å². The molecule has 0 saturated carbocycles. The summed E-state index contributed by atoms with van der Waals surface area (Å²) in [6, 6.07) is -0.935. The Hall–Kier alpha value is -3.26. The number of carboxylic acids is 2. The zero-order valence-corrected chi connectivity index (χ0v) is 24.1. The highest BCUT2D eigenvalue weighted by molar-refractivity contribution is 5.90. The van der Waals surface area contributed by atoms with Crippen LogP contribution in [0.3, 0.4) is 0 Å². The number of carbonyl (C=O) groups excluding carboxylic acids is 4. The fourth-order valence-electron chi connectivity index (χ4n) is 5.72. The summed E-state index contributed by atoms with van der Waals surface area (Å²) in [5.41, 5.74) is 9.89. The predicted octanol–water partition coefficient (Wildman–Crippen LogP) is -0.609. The molecule has 14 nitrogen and oxygen atoms in total. The topological polar surface area (TPSA) is 225 Å². The Kier molecular flexibility index (Phi) is 13.0. The quantitative estimate of drug-likeness (QED) is 0.213. The fourth-order valence-corrected chi connectivity index (χ4v) is 5.72. The maximum absolute atomic E-state index is 12.0. The number of hydrogen-bond acceptors (Lipinski definition) is 8. The smallest absolute Gasteiger partial charge is 0.303 e. The van der Waals surface area contributed by atoms with Gasteiger partial charge in [-0.25, -0.2) is 0 Å². The minimum atomic E-state index is -0.962. The van der Waals surface area contributed by atoms with Crippen LogP contribution in [-0.4, -0.2) is 106 Å². The van der Waals surface area contributed by atoms with Crippen molar-refractivity contribution in [1.29, 1.82) is 0 Å². The van der Waals surface area contributed by atoms with Gasteiger partial charge in [0.25, 0.3) is 0 Å². The Bertz CT molecular complexity index is 887. The van der Waals surface area contributed by atoms with E-state index in [0.29, 0.717) is 25.9 Å². The summed E-state index contributed by atoms with van der Waals surface area (Å²) in [6.45, 7) is 6.37. The largest absolute Gasteiger partial charge is 0.481 e. The SMILES string of the molecule is CC(C)(CC(=O)O)CC(=O)O.NC(=O)C1CCCN1C(=O)[C@@H]1CCCN1.NC(=O)C1CCCN1C(=O)[C@@H]1CCCN1. The zero-order chi connectivity index (χ0) is 30.7. The molecule has 4 heterocycles. The van der Waals surface area contributed by atoms with Crippen molar-refractivity contribution in [1.82, 2.24) is 20.4 Å². The molecule has 4 aliphatic rings. The molecule has 4 amide bonds. The van der Waals surface area contributed by atoms with Crippen LogP contribution in [0.2, 0.25) is 0 Å². The molecule has 4 saturated heterocycles. The molecule has 0 aromatic carbocycles. The average molecular weight is 583 g/mol. The molecule has 8 N–H and O–H groups in total. The van der Waals surface area contributed by atoms with Crippen molar-refractivity contribution in [3.63, 3.8) is 0 Å². The standard InChI is InChI=1S/2C10H17N3O2.C7H12O4/c2*11-9(14)8-4-2-6-13(8)10(15)7-3-1-5-12-7;1-7(2,3-5(8)9)4-6(10)11/h2*7-8,12H,1-6H2,(H2,11,14);3-4H2,1-2H3,(H,8,9)(H,10,11)/t2*7-,8?;/m00./s1. The van der Waals surface area contributed by atoms with Gasteiger partial charge in [0.1, 0.15) is 12.1 Å². The van der Waals surface area contributed by atoms with Gasteiger partial charge in [-0.2, -0.15) is 0 Å². The van der Waals surface area contributed by atoms with Crippen LogP contribution in [0.15, 0.2) is 0 Å². The second kappa shape index (κ2) is 15.7. The van der Waals surface area contributed by atoms with E-state index < -0.39 is 17.4 Å². The van der Waals surface area contributed by atoms with Crippen LogP contribution >= 0.6 is 0 Å². The third-order valence-electron chi connectivity index (χ3n) is 7.70. The van der Waals surface area contributed by atoms with Gasteiger partial charge in [-0.3, -0.25) is 28.8 Å². The molecule has 0 aromatic rings. The summed E-state index contributed by atoms with van der Waals surface area (Å²) >= 11 is 0. The Balaban J connectivity index is 0.000000219. The second-order valence-electron chi connectivity index (χ2n) is 11.8. The van der Waals surface area contributed by atoms with Crippen LogP contribution in [0.4, 0.5) is 0 Å². The average Bonchev–Trinajstić information content (AvgIpc) is 3.70. The van der Waals surface area contributed by atoms with Crippen molar-refractivity contribution in [3.8, 4) is 0 Å². The molecule has 4 fully saturated rings. The van der Waals surface area contributed by atoms with Gasteiger partial charge in [0.15, 0.2) is 0 Å². The van der Waals surface area contributed by atoms with Crippen molar-refractivity contribution >= 4 is 35.6 Å². The van der Waals surface area contributed by atoms with Crippen LogP contribution in [0.5, 0.6) is 0 Å². The summed E-state index contributed by atoms with van der Waals surface area (Å²) in [5.74, 6) is -2.58. The second-order valence-corrected chi connectivity index (χ2v) is 11.8. The first-order chi connectivity index (χ1) is 19.2. The number of carboxylic acid groups (broad SMARTS) is 2. The molecule has 0 aliphatic carbocycles. The number of nitrogens with two attached hydrogens (primary N) is 2. The number of hydrogen-bond donors (Lipinski definition) is 6. The van der Waals surface area contributed by atoms with Crippen molar-refractivity contribution in [2.75, 3.05) is 26.2 Å². The van der Waals surface area contributed by atoms with Crippen LogP contribution in [-0.2, 0) is 28.8 Å². The van der Waals surface area contributed by atoms with E-state index in [0.717, 1.165) is 51.6 Å². The van der Waals surface area contributed by atoms with E-state index in [9.17, 15) is 28.8 Å². The minimum Gasteiger partial charge on any atom is -0.481 e. The van der Waals surface area contributed by atoms with Gasteiger partial charge in [0, 0.05) is 13.1 Å². The molecule has 2 unspecified atom stereocenters. The molecule has 232 valence electrons. The molecule has 4 atom stereocenters. The Morgan fingerprint density at radius 1 is 0.683 bits per heavy atom. The maximum Gasteiger partial charge on any atom is 0.303 e. The Labute approximate surface area is 240 Å². The van der Waals surface area contributed by atoms with Gasteiger partial charge < -0.3 is 42.1 Å². The number of nitrogens with one attached hydrogen (secondary N) is 2. The third kappa shape index (κ3) is 10.6. The highest BCUT2D eigenvalue weighted by Gasteiger charge is 2.37. The first kappa shape index (κ1) is 33.9. The lowest BCUT2D eigenvalue weighted by Gasteiger charge is -2.25. The molecule has 41 heavy (non-hydrogen) atoms. The highest BCUT2D eigenvalue weighted by Crippen LogP contribution is 2.24. The number of rotatable bonds is 8. The van der Waals surface area contributed by atoms with Crippen LogP contribution in [0, 0.1) is 5.41 Å². The number of aliphatic carboxylic acids is 2. The molecule has 4 rings (SSSR count). The minimum absolute atomic E-state index is 0.0498. The lowest BCUT2D eigenvalue weighted by molar-refractivity contribution is -0.143. The lowest BCUT2D eigenvalue weighted by Crippen LogP contribution is -2.49. The molecule has 0 bridgehead atoms. The molecular formula is C27H46N6O8. The molecule has 0 spiro atoms. The van der Waals surface area contributed by atoms with Gasteiger partial charge >= 0.3 is 11.9 Å². The number of carbonyl (C=O) groups is 6. The first-order valence-electron chi connectivity index (χ1n) is 14.3. The molecule has 0 aromatic heterocycles. The lowest BCUT2D eigenvalue weighted by atomic mass is 9.86. The van der Waals surface area contributed by atoms with Gasteiger partial charge in [-0.1, -0.05) is 13.8 Å². The van der Waals surface area contributed by atoms with Crippen LogP contribution in [0.25, 0.3) is 0 Å². The van der Waals surface area contributed by atoms with Gasteiger partial charge in [0.2, 0.25) is 23.6 Å². The maximum atomic E-state index is 12.0. The van der Waals surface area contributed by atoms with Crippen molar-refractivity contribution in [2.45, 2.75) is 102 Å². The van der Waals surface area contributed by atoms with Crippen molar-refractivity contribution in [2.24, 2.45) is 16.9 Å². The Morgan fingerprint density at radius 2 is 1.05 bits per heavy atom. The highest BCUT2D eigenvalue weighted by atomic mass is 16.4. The van der Waals surface area contributed by atoms with E-state index in [-0.39, 0.29) is 60.6 Å². The normalized spacial score (nSPS) is 25.5. The van der Waals surface area contributed by atoms with Gasteiger partial charge in [-0.05, 0) is 69.9 Å². The molecule has 4 aliphatic heterocycles. The monoisotopic (exact) mass is 582 g/mol. The fraction of sp³-hybridized carbons (Fsp3) is 0.778. The van der Waals surface area contributed by atoms with E-state index in [2.05, 4.69) is 10.6 Å². The zero-order valence-electron chi connectivity index (χ0n) is 24.1. The van der Waals surface area contributed by atoms with Gasteiger partial charge in [-0.15, -0.1) is 0 Å². The number of amides is 4. The molecule has 0 radical (unpaired) electrons. The van der Waals surface area contributed by atoms with Crippen LogP contribution < -0.4 is 22.1 Å².